The maximum Gasteiger partial charge on any atom is 0.289 e. The molecule has 1 aromatic heterocycles. The first-order valence-electron chi connectivity index (χ1n) is 9.60. The fourth-order valence-corrected chi connectivity index (χ4v) is 4.04. The zero-order valence-corrected chi connectivity index (χ0v) is 16.4. The van der Waals surface area contributed by atoms with Gasteiger partial charge in [-0.3, -0.25) is 14.5 Å². The number of hydrogen-bond acceptors (Lipinski definition) is 7. The number of furan rings is 1. The van der Waals surface area contributed by atoms with Crippen LogP contribution in [0.1, 0.15) is 33.8 Å². The first-order chi connectivity index (χ1) is 14.4. The van der Waals surface area contributed by atoms with Crippen molar-refractivity contribution in [2.45, 2.75) is 24.6 Å². The Balaban J connectivity index is 1.56. The van der Waals surface area contributed by atoms with Crippen LogP contribution in [0.2, 0.25) is 0 Å². The number of likely N-dealkylation sites (tertiary alicyclic amines) is 1. The van der Waals surface area contributed by atoms with E-state index in [2.05, 4.69) is 0 Å². The van der Waals surface area contributed by atoms with Gasteiger partial charge in [0.1, 0.15) is 11.5 Å². The molecule has 0 bridgehead atoms. The van der Waals surface area contributed by atoms with Gasteiger partial charge in [-0.25, -0.2) is 0 Å². The van der Waals surface area contributed by atoms with E-state index in [-0.39, 0.29) is 31.1 Å². The summed E-state index contributed by atoms with van der Waals surface area (Å²) in [6, 6.07) is 8.45. The van der Waals surface area contributed by atoms with Crippen LogP contribution in [0.4, 0.5) is 0 Å². The predicted octanol–water partition coefficient (Wildman–Crippen LogP) is 0.512. The van der Waals surface area contributed by atoms with E-state index in [1.807, 2.05) is 0 Å². The van der Waals surface area contributed by atoms with Gasteiger partial charge in [0.15, 0.2) is 5.76 Å². The zero-order valence-electron chi connectivity index (χ0n) is 16.4. The lowest BCUT2D eigenvalue weighted by atomic mass is 9.96. The first-order valence-corrected chi connectivity index (χ1v) is 9.60. The minimum atomic E-state index is -1.37. The van der Waals surface area contributed by atoms with Gasteiger partial charge in [-0.1, -0.05) is 0 Å². The maximum absolute atomic E-state index is 13.3. The molecular weight excluding hydrogens is 392 g/mol. The molecule has 1 aromatic carbocycles. The summed E-state index contributed by atoms with van der Waals surface area (Å²) < 4.78 is 16.1. The highest BCUT2D eigenvalue weighted by atomic mass is 16.5. The molecule has 9 nitrogen and oxygen atoms in total. The highest BCUT2D eigenvalue weighted by molar-refractivity contribution is 5.97. The molecule has 158 valence electrons. The summed E-state index contributed by atoms with van der Waals surface area (Å²) >= 11 is 0. The topological polar surface area (TPSA) is 112 Å². The number of methoxy groups -OCH3 is 1. The summed E-state index contributed by atoms with van der Waals surface area (Å²) in [5, 5.41) is 11.7. The van der Waals surface area contributed by atoms with Gasteiger partial charge < -0.3 is 28.7 Å². The Labute approximate surface area is 172 Å². The van der Waals surface area contributed by atoms with E-state index in [4.69, 9.17) is 13.9 Å². The van der Waals surface area contributed by atoms with Crippen molar-refractivity contribution < 1.29 is 33.4 Å². The van der Waals surface area contributed by atoms with Crippen molar-refractivity contribution in [3.8, 4) is 5.75 Å². The fraction of sp³-hybridized carbons (Fsp3) is 0.381. The van der Waals surface area contributed by atoms with E-state index in [1.165, 1.54) is 18.3 Å². The Morgan fingerprint density at radius 1 is 1.10 bits per heavy atom. The molecule has 2 aliphatic heterocycles. The molecule has 0 unspecified atom stereocenters. The number of rotatable bonds is 4. The molecule has 2 aliphatic rings. The number of carboxylic acid groups (broad SMARTS) is 1. The molecule has 1 atom stereocenters. The first kappa shape index (κ1) is 20.0. The van der Waals surface area contributed by atoms with Gasteiger partial charge in [0.2, 0.25) is 0 Å². The largest absolute Gasteiger partial charge is 0.548 e. The van der Waals surface area contributed by atoms with Gasteiger partial charge in [-0.2, -0.15) is 0 Å². The van der Waals surface area contributed by atoms with E-state index in [1.54, 1.807) is 41.3 Å². The third-order valence-corrected chi connectivity index (χ3v) is 5.65. The van der Waals surface area contributed by atoms with Crippen molar-refractivity contribution in [1.29, 1.82) is 0 Å². The Morgan fingerprint density at radius 2 is 1.80 bits per heavy atom. The minimum absolute atomic E-state index is 0.156. The SMILES string of the molecule is COc1ccc(C(=O)N2[C@H](C(=O)[O-])COC23CCN(C(=O)c2ccco2)CC3)cc1. The number of hydrogen-bond donors (Lipinski definition) is 0. The molecule has 1 spiro atoms. The number of nitrogens with zero attached hydrogens (tertiary/aromatic N) is 2. The second-order valence-electron chi connectivity index (χ2n) is 7.27. The molecule has 4 rings (SSSR count). The molecule has 2 saturated heterocycles. The Bertz CT molecular complexity index is 931. The van der Waals surface area contributed by atoms with Crippen molar-refractivity contribution in [2.75, 3.05) is 26.8 Å². The van der Waals surface area contributed by atoms with Gasteiger partial charge in [0, 0.05) is 31.5 Å². The summed E-state index contributed by atoms with van der Waals surface area (Å²) in [5.41, 5.74) is -0.789. The predicted molar refractivity (Wildman–Crippen MR) is 100 cm³/mol. The molecule has 2 aromatic rings. The number of carbonyl (C=O) groups excluding carboxylic acids is 3. The van der Waals surface area contributed by atoms with Crippen molar-refractivity contribution in [1.82, 2.24) is 9.80 Å². The summed E-state index contributed by atoms with van der Waals surface area (Å²) in [6.07, 6.45) is 1.99. The van der Waals surface area contributed by atoms with E-state index < -0.39 is 23.6 Å². The summed E-state index contributed by atoms with van der Waals surface area (Å²) in [6.45, 7) is 0.438. The highest BCUT2D eigenvalue weighted by Crippen LogP contribution is 2.38. The third kappa shape index (κ3) is 3.41. The number of piperidine rings is 1. The molecule has 3 heterocycles. The van der Waals surface area contributed by atoms with Crippen LogP contribution < -0.4 is 9.84 Å². The van der Waals surface area contributed by atoms with Crippen LogP contribution in [-0.4, -0.2) is 66.2 Å². The zero-order chi connectivity index (χ0) is 21.3. The molecular formula is C21H21N2O7-. The van der Waals surface area contributed by atoms with E-state index >= 15 is 0 Å². The quantitative estimate of drug-likeness (QED) is 0.718. The number of carboxylic acids is 1. The van der Waals surface area contributed by atoms with Crippen LogP contribution in [0, 0.1) is 0 Å². The molecule has 0 radical (unpaired) electrons. The van der Waals surface area contributed by atoms with Crippen molar-refractivity contribution >= 4 is 17.8 Å². The molecule has 0 saturated carbocycles. The van der Waals surface area contributed by atoms with Crippen LogP contribution in [0.5, 0.6) is 5.75 Å². The van der Waals surface area contributed by atoms with Crippen LogP contribution >= 0.6 is 0 Å². The third-order valence-electron chi connectivity index (χ3n) is 5.65. The Morgan fingerprint density at radius 3 is 2.37 bits per heavy atom. The van der Waals surface area contributed by atoms with Crippen molar-refractivity contribution in [2.24, 2.45) is 0 Å². The summed E-state index contributed by atoms with van der Waals surface area (Å²) in [4.78, 5) is 40.4. The molecule has 30 heavy (non-hydrogen) atoms. The van der Waals surface area contributed by atoms with Gasteiger partial charge in [-0.05, 0) is 36.4 Å². The van der Waals surface area contributed by atoms with Crippen LogP contribution in [0.15, 0.2) is 47.1 Å². The van der Waals surface area contributed by atoms with Crippen molar-refractivity contribution in [3.63, 3.8) is 0 Å². The van der Waals surface area contributed by atoms with Crippen LogP contribution in [0.3, 0.4) is 0 Å². The maximum atomic E-state index is 13.3. The molecule has 0 aliphatic carbocycles. The average Bonchev–Trinajstić information content (AvgIpc) is 3.42. The molecule has 2 fully saturated rings. The lowest BCUT2D eigenvalue weighted by Crippen LogP contribution is -2.60. The second kappa shape index (κ2) is 7.83. The number of aliphatic carboxylic acids is 1. The average molecular weight is 413 g/mol. The van der Waals surface area contributed by atoms with Crippen molar-refractivity contribution in [3.05, 3.63) is 54.0 Å². The normalized spacial score (nSPS) is 20.4. The van der Waals surface area contributed by atoms with E-state index in [0.29, 0.717) is 24.4 Å². The minimum Gasteiger partial charge on any atom is -0.548 e. The van der Waals surface area contributed by atoms with E-state index in [0.717, 1.165) is 0 Å². The van der Waals surface area contributed by atoms with Gasteiger partial charge in [0.25, 0.3) is 11.8 Å². The lowest BCUT2D eigenvalue weighted by Gasteiger charge is -2.44. The number of ether oxygens (including phenoxy) is 2. The van der Waals surface area contributed by atoms with Gasteiger partial charge in [0.05, 0.1) is 32.0 Å². The number of carbonyl (C=O) groups is 3. The molecule has 2 amide bonds. The summed E-state index contributed by atoms with van der Waals surface area (Å²) in [7, 11) is 1.52. The Hall–Kier alpha value is -3.33. The highest BCUT2D eigenvalue weighted by Gasteiger charge is 2.52. The van der Waals surface area contributed by atoms with Gasteiger partial charge in [-0.15, -0.1) is 0 Å². The lowest BCUT2D eigenvalue weighted by molar-refractivity contribution is -0.310. The van der Waals surface area contributed by atoms with Crippen LogP contribution in [-0.2, 0) is 9.53 Å². The second-order valence-corrected chi connectivity index (χ2v) is 7.27. The van der Waals surface area contributed by atoms with Gasteiger partial charge >= 0.3 is 0 Å². The fourth-order valence-electron chi connectivity index (χ4n) is 4.04. The Kier molecular flexibility index (Phi) is 5.21. The molecule has 0 N–H and O–H groups in total. The standard InChI is InChI=1S/C21H22N2O7/c1-28-15-6-4-14(5-7-15)18(24)23-16(20(26)27)13-30-21(23)8-10-22(11-9-21)19(25)17-3-2-12-29-17/h2-7,12,16H,8-11,13H2,1H3,(H,26,27)/p-1/t16-/m0/s1. The number of amides is 2. The summed E-state index contributed by atoms with van der Waals surface area (Å²) in [5.74, 6) is -1.27. The smallest absolute Gasteiger partial charge is 0.289 e. The van der Waals surface area contributed by atoms with Crippen LogP contribution in [0.25, 0.3) is 0 Å². The molecule has 9 heteroatoms. The number of benzene rings is 1. The van der Waals surface area contributed by atoms with E-state index in [9.17, 15) is 19.5 Å². The monoisotopic (exact) mass is 413 g/mol.